The van der Waals surface area contributed by atoms with Gasteiger partial charge in [-0.1, -0.05) is 0 Å². The van der Waals surface area contributed by atoms with Crippen LogP contribution in [-0.4, -0.2) is 44.9 Å². The van der Waals surface area contributed by atoms with Gasteiger partial charge >= 0.3 is 12.1 Å². The average Bonchev–Trinajstić information content (AvgIpc) is 2.50. The summed E-state index contributed by atoms with van der Waals surface area (Å²) in [6.07, 6.45) is -4.53. The summed E-state index contributed by atoms with van der Waals surface area (Å²) in [6.45, 7) is -0.265. The Morgan fingerprint density at radius 2 is 1.96 bits per heavy atom. The van der Waals surface area contributed by atoms with E-state index in [9.17, 15) is 22.8 Å². The maximum absolute atomic E-state index is 12.0. The normalized spacial score (nSPS) is 10.9. The summed E-state index contributed by atoms with van der Waals surface area (Å²) in [6, 6.07) is 2.74. The van der Waals surface area contributed by atoms with Gasteiger partial charge in [0.15, 0.2) is 18.1 Å². The molecule has 0 aliphatic carbocycles. The zero-order chi connectivity index (χ0) is 18.3. The molecule has 1 aromatic carbocycles. The number of alkyl halides is 3. The molecule has 0 bridgehead atoms. The Hall–Kier alpha value is -1.97. The van der Waals surface area contributed by atoms with Crippen molar-refractivity contribution in [2.45, 2.75) is 13.1 Å². The van der Waals surface area contributed by atoms with Crippen LogP contribution in [0, 0.1) is 0 Å². The SMILES string of the molecule is CCOc1cc(C(=O)OCC(=O)NCC(F)(F)F)cc(Br)c1OC. The fourth-order valence-electron chi connectivity index (χ4n) is 1.61. The smallest absolute Gasteiger partial charge is 0.405 e. The molecule has 0 heterocycles. The molecule has 6 nitrogen and oxygen atoms in total. The minimum atomic E-state index is -4.53. The van der Waals surface area contributed by atoms with Gasteiger partial charge < -0.3 is 19.5 Å². The highest BCUT2D eigenvalue weighted by molar-refractivity contribution is 9.10. The van der Waals surface area contributed by atoms with Gasteiger partial charge in [0.25, 0.3) is 5.91 Å². The minimum Gasteiger partial charge on any atom is -0.492 e. The van der Waals surface area contributed by atoms with Crippen molar-refractivity contribution in [3.8, 4) is 11.5 Å². The Morgan fingerprint density at radius 3 is 2.50 bits per heavy atom. The third-order valence-corrected chi connectivity index (χ3v) is 3.16. The van der Waals surface area contributed by atoms with Crippen molar-refractivity contribution in [3.63, 3.8) is 0 Å². The van der Waals surface area contributed by atoms with Crippen molar-refractivity contribution in [2.24, 2.45) is 0 Å². The Bertz CT molecular complexity index is 607. The van der Waals surface area contributed by atoms with E-state index in [4.69, 9.17) is 9.47 Å². The van der Waals surface area contributed by atoms with Crippen molar-refractivity contribution in [1.29, 1.82) is 0 Å². The molecule has 1 N–H and O–H groups in total. The van der Waals surface area contributed by atoms with Crippen LogP contribution in [0.1, 0.15) is 17.3 Å². The third kappa shape index (κ3) is 6.26. The molecule has 0 fully saturated rings. The number of hydrogen-bond donors (Lipinski definition) is 1. The van der Waals surface area contributed by atoms with Gasteiger partial charge in [0.2, 0.25) is 0 Å². The summed E-state index contributed by atoms with van der Waals surface area (Å²) in [5.41, 5.74) is 0.0507. The highest BCUT2D eigenvalue weighted by Crippen LogP contribution is 2.36. The van der Waals surface area contributed by atoms with Crippen LogP contribution in [-0.2, 0) is 9.53 Å². The van der Waals surface area contributed by atoms with Crippen LogP contribution in [0.3, 0.4) is 0 Å². The van der Waals surface area contributed by atoms with Crippen molar-refractivity contribution in [2.75, 3.05) is 26.9 Å². The molecule has 0 aromatic heterocycles. The standard InChI is InChI=1S/C14H15BrF3NO5/c1-3-23-10-5-8(4-9(15)12(10)22-2)13(21)24-6-11(20)19-7-14(16,17)18/h4-5H,3,6-7H2,1-2H3,(H,19,20). The van der Waals surface area contributed by atoms with E-state index in [0.29, 0.717) is 16.8 Å². The molecule has 10 heteroatoms. The number of carbonyl (C=O) groups is 2. The predicted molar refractivity (Wildman–Crippen MR) is 81.2 cm³/mol. The lowest BCUT2D eigenvalue weighted by molar-refractivity contribution is -0.140. The van der Waals surface area contributed by atoms with Crippen LogP contribution in [0.15, 0.2) is 16.6 Å². The molecular formula is C14H15BrF3NO5. The first-order valence-electron chi connectivity index (χ1n) is 6.68. The second-order valence-electron chi connectivity index (χ2n) is 4.39. The first-order valence-corrected chi connectivity index (χ1v) is 7.48. The van der Waals surface area contributed by atoms with Crippen LogP contribution in [0.25, 0.3) is 0 Å². The molecule has 0 unspecified atom stereocenters. The van der Waals surface area contributed by atoms with Gasteiger partial charge in [-0.3, -0.25) is 4.79 Å². The molecule has 0 atom stereocenters. The Morgan fingerprint density at radius 1 is 1.29 bits per heavy atom. The van der Waals surface area contributed by atoms with E-state index >= 15 is 0 Å². The molecule has 134 valence electrons. The van der Waals surface area contributed by atoms with Crippen molar-refractivity contribution in [1.82, 2.24) is 5.32 Å². The fourth-order valence-corrected chi connectivity index (χ4v) is 2.22. The molecule has 0 saturated carbocycles. The largest absolute Gasteiger partial charge is 0.492 e. The van der Waals surface area contributed by atoms with E-state index in [-0.39, 0.29) is 11.3 Å². The monoisotopic (exact) mass is 413 g/mol. The first-order chi connectivity index (χ1) is 11.2. The van der Waals surface area contributed by atoms with Gasteiger partial charge in [0.1, 0.15) is 6.54 Å². The minimum absolute atomic E-state index is 0.0507. The van der Waals surface area contributed by atoms with Crippen molar-refractivity contribution in [3.05, 3.63) is 22.2 Å². The summed E-state index contributed by atoms with van der Waals surface area (Å²) in [4.78, 5) is 23.1. The van der Waals surface area contributed by atoms with Gasteiger partial charge in [-0.05, 0) is 35.0 Å². The number of amides is 1. The summed E-state index contributed by atoms with van der Waals surface area (Å²) in [5.74, 6) is -1.29. The van der Waals surface area contributed by atoms with Crippen LogP contribution >= 0.6 is 15.9 Å². The maximum atomic E-state index is 12.0. The van der Waals surface area contributed by atoms with Crippen molar-refractivity contribution >= 4 is 27.8 Å². The van der Waals surface area contributed by atoms with Gasteiger partial charge in [0, 0.05) is 0 Å². The molecule has 0 radical (unpaired) electrons. The number of ether oxygens (including phenoxy) is 3. The number of hydrogen-bond acceptors (Lipinski definition) is 5. The maximum Gasteiger partial charge on any atom is 0.405 e. The third-order valence-electron chi connectivity index (χ3n) is 2.57. The van der Waals surface area contributed by atoms with E-state index in [1.54, 1.807) is 12.2 Å². The predicted octanol–water partition coefficient (Wildman–Crippen LogP) is 2.69. The average molecular weight is 414 g/mol. The molecule has 0 aliphatic heterocycles. The number of carbonyl (C=O) groups excluding carboxylic acids is 2. The van der Waals surface area contributed by atoms with Crippen LogP contribution in [0.5, 0.6) is 11.5 Å². The van der Waals surface area contributed by atoms with E-state index in [1.807, 2.05) is 0 Å². The number of esters is 1. The molecule has 0 spiro atoms. The molecule has 1 amide bonds. The number of halogens is 4. The summed E-state index contributed by atoms with van der Waals surface area (Å²) >= 11 is 3.21. The van der Waals surface area contributed by atoms with Crippen molar-refractivity contribution < 1.29 is 37.0 Å². The highest BCUT2D eigenvalue weighted by atomic mass is 79.9. The summed E-state index contributed by atoms with van der Waals surface area (Å²) in [7, 11) is 1.42. The highest BCUT2D eigenvalue weighted by Gasteiger charge is 2.28. The molecule has 24 heavy (non-hydrogen) atoms. The summed E-state index contributed by atoms with van der Waals surface area (Å²) in [5, 5.41) is 1.60. The Labute approximate surface area is 144 Å². The number of rotatable bonds is 7. The summed E-state index contributed by atoms with van der Waals surface area (Å²) < 4.78 is 51.4. The number of benzene rings is 1. The topological polar surface area (TPSA) is 73.9 Å². The molecule has 0 saturated heterocycles. The second-order valence-corrected chi connectivity index (χ2v) is 5.24. The lowest BCUT2D eigenvalue weighted by Crippen LogP contribution is -2.36. The van der Waals surface area contributed by atoms with E-state index in [0.717, 1.165) is 0 Å². The fraction of sp³-hybridized carbons (Fsp3) is 0.429. The first kappa shape index (κ1) is 20.1. The molecule has 1 rings (SSSR count). The molecular weight excluding hydrogens is 399 g/mol. The van der Waals surface area contributed by atoms with Gasteiger partial charge in [0.05, 0.1) is 23.8 Å². The van der Waals surface area contributed by atoms with Gasteiger partial charge in [-0.2, -0.15) is 13.2 Å². The number of nitrogens with one attached hydrogen (secondary N) is 1. The zero-order valence-electron chi connectivity index (χ0n) is 12.8. The zero-order valence-corrected chi connectivity index (χ0v) is 14.4. The van der Waals surface area contributed by atoms with Gasteiger partial charge in [-0.15, -0.1) is 0 Å². The quantitative estimate of drug-likeness (QED) is 0.695. The lowest BCUT2D eigenvalue weighted by Gasteiger charge is -2.13. The lowest BCUT2D eigenvalue weighted by atomic mass is 10.2. The molecule has 0 aliphatic rings. The van der Waals surface area contributed by atoms with Gasteiger partial charge in [-0.25, -0.2) is 4.79 Å². The van der Waals surface area contributed by atoms with Crippen LogP contribution in [0.4, 0.5) is 13.2 Å². The van der Waals surface area contributed by atoms with Crippen LogP contribution in [0.2, 0.25) is 0 Å². The second kappa shape index (κ2) is 8.76. The van der Waals surface area contributed by atoms with Crippen LogP contribution < -0.4 is 14.8 Å². The van der Waals surface area contributed by atoms with E-state index in [1.165, 1.54) is 19.2 Å². The Balaban J connectivity index is 2.73. The number of methoxy groups -OCH3 is 1. The van der Waals surface area contributed by atoms with E-state index < -0.39 is 31.2 Å². The molecule has 1 aromatic rings. The van der Waals surface area contributed by atoms with E-state index in [2.05, 4.69) is 20.7 Å². The Kier molecular flexibility index (Phi) is 7.33.